The average molecular weight is 460 g/mol. The molecule has 1 saturated heterocycles. The van der Waals surface area contributed by atoms with E-state index < -0.39 is 11.8 Å². The number of carboxylic acid groups (broad SMARTS) is 1. The third-order valence-electron chi connectivity index (χ3n) is 6.03. The number of rotatable bonds is 5. The second-order valence-corrected chi connectivity index (χ2v) is 9.17. The minimum Gasteiger partial charge on any atom is -0.481 e. The molecule has 8 heteroatoms. The predicted octanol–water partition coefficient (Wildman–Crippen LogP) is 4.16. The molecule has 0 spiro atoms. The molecule has 180 valence electrons. The first kappa shape index (κ1) is 24.9. The Hall–Kier alpha value is -2.74. The van der Waals surface area contributed by atoms with Crippen molar-refractivity contribution in [3.8, 4) is 0 Å². The number of carboxylic acids is 1. The minimum atomic E-state index is -0.833. The highest BCUT2D eigenvalue weighted by molar-refractivity contribution is 5.94. The molecule has 2 N–H and O–H groups in total. The largest absolute Gasteiger partial charge is 0.481 e. The molecular weight excluding hydrogens is 425 g/mol. The zero-order valence-electron chi connectivity index (χ0n) is 19.7. The fraction of sp³-hybridized carbons (Fsp3) is 0.560. The SMILES string of the molecule is CC(=O)O.CC(C)CCc1nc2c(o1)CCN(C(=O)c1cc(C3CCNCC3)ccc1F)C2. The lowest BCUT2D eigenvalue weighted by molar-refractivity contribution is -0.134. The molecule has 3 heterocycles. The molecule has 0 unspecified atom stereocenters. The summed E-state index contributed by atoms with van der Waals surface area (Å²) < 4.78 is 20.4. The van der Waals surface area contributed by atoms with Gasteiger partial charge >= 0.3 is 0 Å². The van der Waals surface area contributed by atoms with Gasteiger partial charge < -0.3 is 19.7 Å². The zero-order valence-corrected chi connectivity index (χ0v) is 19.7. The number of piperidine rings is 1. The Kier molecular flexibility index (Phi) is 8.61. The van der Waals surface area contributed by atoms with Gasteiger partial charge in [-0.2, -0.15) is 0 Å². The van der Waals surface area contributed by atoms with Crippen LogP contribution in [0.2, 0.25) is 0 Å². The van der Waals surface area contributed by atoms with Crippen molar-refractivity contribution in [2.24, 2.45) is 5.92 Å². The minimum absolute atomic E-state index is 0.174. The van der Waals surface area contributed by atoms with E-state index >= 15 is 0 Å². The maximum absolute atomic E-state index is 14.5. The van der Waals surface area contributed by atoms with Crippen molar-refractivity contribution >= 4 is 11.9 Å². The number of amides is 1. The number of halogens is 1. The zero-order chi connectivity index (χ0) is 24.0. The summed E-state index contributed by atoms with van der Waals surface area (Å²) in [7, 11) is 0. The highest BCUT2D eigenvalue weighted by atomic mass is 19.1. The first-order valence-electron chi connectivity index (χ1n) is 11.7. The maximum atomic E-state index is 14.5. The molecule has 0 radical (unpaired) electrons. The van der Waals surface area contributed by atoms with Crippen LogP contribution in [0.4, 0.5) is 4.39 Å². The fourth-order valence-corrected chi connectivity index (χ4v) is 4.23. The first-order chi connectivity index (χ1) is 15.7. The summed E-state index contributed by atoms with van der Waals surface area (Å²) in [5.74, 6) is 1.06. The number of hydrogen-bond donors (Lipinski definition) is 2. The number of aliphatic carboxylic acids is 1. The summed E-state index contributed by atoms with van der Waals surface area (Å²) in [4.78, 5) is 28.4. The number of aryl methyl sites for hydroxylation is 1. The Morgan fingerprint density at radius 3 is 2.67 bits per heavy atom. The summed E-state index contributed by atoms with van der Waals surface area (Å²) in [6.45, 7) is 8.28. The van der Waals surface area contributed by atoms with Crippen LogP contribution in [-0.2, 0) is 24.2 Å². The molecule has 1 aromatic carbocycles. The number of nitrogens with zero attached hydrogens (tertiary/aromatic N) is 2. The van der Waals surface area contributed by atoms with E-state index in [1.807, 2.05) is 6.07 Å². The second kappa shape index (κ2) is 11.4. The molecule has 4 rings (SSSR count). The summed E-state index contributed by atoms with van der Waals surface area (Å²) in [5.41, 5.74) is 2.05. The quantitative estimate of drug-likeness (QED) is 0.697. The molecule has 2 aliphatic heterocycles. The molecule has 2 aromatic rings. The van der Waals surface area contributed by atoms with Crippen LogP contribution in [0.1, 0.15) is 79.2 Å². The molecule has 33 heavy (non-hydrogen) atoms. The van der Waals surface area contributed by atoms with E-state index in [0.717, 1.165) is 68.6 Å². The molecule has 0 saturated carbocycles. The van der Waals surface area contributed by atoms with Crippen LogP contribution in [0.3, 0.4) is 0 Å². The van der Waals surface area contributed by atoms with Gasteiger partial charge in [0.1, 0.15) is 17.3 Å². The maximum Gasteiger partial charge on any atom is 0.300 e. The molecular formula is C25H34FN3O4. The number of aromatic nitrogens is 1. The number of hydrogen-bond acceptors (Lipinski definition) is 5. The van der Waals surface area contributed by atoms with Crippen molar-refractivity contribution in [2.75, 3.05) is 19.6 Å². The van der Waals surface area contributed by atoms with Gasteiger partial charge in [0.2, 0.25) is 0 Å². The van der Waals surface area contributed by atoms with E-state index in [1.165, 1.54) is 6.07 Å². The lowest BCUT2D eigenvalue weighted by Gasteiger charge is -2.27. The normalized spacial score (nSPS) is 16.2. The van der Waals surface area contributed by atoms with Crippen molar-refractivity contribution in [3.63, 3.8) is 0 Å². The number of carbonyl (C=O) groups excluding carboxylic acids is 1. The fourth-order valence-electron chi connectivity index (χ4n) is 4.23. The average Bonchev–Trinajstić information content (AvgIpc) is 3.20. The number of oxazole rings is 1. The van der Waals surface area contributed by atoms with E-state index in [1.54, 1.807) is 11.0 Å². The topological polar surface area (TPSA) is 95.7 Å². The van der Waals surface area contributed by atoms with Crippen LogP contribution < -0.4 is 5.32 Å². The second-order valence-electron chi connectivity index (χ2n) is 9.17. The Morgan fingerprint density at radius 2 is 2.00 bits per heavy atom. The third kappa shape index (κ3) is 6.87. The van der Waals surface area contributed by atoms with Gasteiger partial charge in [-0.3, -0.25) is 9.59 Å². The van der Waals surface area contributed by atoms with Gasteiger partial charge in [-0.05, 0) is 61.9 Å². The van der Waals surface area contributed by atoms with Gasteiger partial charge in [0.05, 0.1) is 12.1 Å². The number of carbonyl (C=O) groups is 2. The lowest BCUT2D eigenvalue weighted by Crippen LogP contribution is -2.36. The van der Waals surface area contributed by atoms with Crippen LogP contribution in [0.5, 0.6) is 0 Å². The van der Waals surface area contributed by atoms with Crippen molar-refractivity contribution in [1.29, 1.82) is 0 Å². The molecule has 2 aliphatic rings. The standard InChI is InChI=1S/C23H30FN3O2.C2H4O2/c1-15(2)3-6-22-26-20-14-27(12-9-21(20)29-22)23(28)18-13-17(4-5-19(18)24)16-7-10-25-11-8-16;1-2(3)4/h4-5,13,15-16,25H,3,6-12,14H2,1-2H3;1H3,(H,3,4). The van der Waals surface area contributed by atoms with Crippen LogP contribution in [0.25, 0.3) is 0 Å². The molecule has 0 atom stereocenters. The van der Waals surface area contributed by atoms with Crippen LogP contribution >= 0.6 is 0 Å². The van der Waals surface area contributed by atoms with E-state index in [4.69, 9.17) is 14.3 Å². The number of benzene rings is 1. The van der Waals surface area contributed by atoms with E-state index in [9.17, 15) is 9.18 Å². The van der Waals surface area contributed by atoms with Gasteiger partial charge in [0.25, 0.3) is 11.9 Å². The van der Waals surface area contributed by atoms with Gasteiger partial charge in [-0.25, -0.2) is 9.37 Å². The van der Waals surface area contributed by atoms with Gasteiger partial charge in [0.15, 0.2) is 5.89 Å². The van der Waals surface area contributed by atoms with Crippen molar-refractivity contribution < 1.29 is 23.5 Å². The van der Waals surface area contributed by atoms with Gasteiger partial charge in [-0.15, -0.1) is 0 Å². The Balaban J connectivity index is 0.000000709. The van der Waals surface area contributed by atoms with Crippen LogP contribution in [0.15, 0.2) is 22.6 Å². The molecule has 1 aromatic heterocycles. The van der Waals surface area contributed by atoms with Crippen molar-refractivity contribution in [3.05, 3.63) is 52.5 Å². The first-order valence-corrected chi connectivity index (χ1v) is 11.7. The molecule has 1 fully saturated rings. The Bertz CT molecular complexity index is 963. The molecule has 1 amide bonds. The monoisotopic (exact) mass is 459 g/mol. The highest BCUT2D eigenvalue weighted by Gasteiger charge is 2.28. The number of nitrogens with one attached hydrogen (secondary N) is 1. The molecule has 0 aliphatic carbocycles. The van der Waals surface area contributed by atoms with E-state index in [0.29, 0.717) is 31.3 Å². The Morgan fingerprint density at radius 1 is 1.30 bits per heavy atom. The van der Waals surface area contributed by atoms with E-state index in [-0.39, 0.29) is 11.5 Å². The predicted molar refractivity (Wildman–Crippen MR) is 123 cm³/mol. The summed E-state index contributed by atoms with van der Waals surface area (Å²) in [6, 6.07) is 5.04. The molecule has 7 nitrogen and oxygen atoms in total. The highest BCUT2D eigenvalue weighted by Crippen LogP contribution is 2.28. The smallest absolute Gasteiger partial charge is 0.300 e. The number of fused-ring (bicyclic) bond motifs is 1. The third-order valence-corrected chi connectivity index (χ3v) is 6.03. The van der Waals surface area contributed by atoms with Crippen molar-refractivity contribution in [1.82, 2.24) is 15.2 Å². The van der Waals surface area contributed by atoms with Crippen LogP contribution in [0, 0.1) is 11.7 Å². The van der Waals surface area contributed by atoms with Gasteiger partial charge in [-0.1, -0.05) is 19.9 Å². The summed E-state index contributed by atoms with van der Waals surface area (Å²) >= 11 is 0. The van der Waals surface area contributed by atoms with Gasteiger partial charge in [0, 0.05) is 26.3 Å². The Labute approximate surface area is 194 Å². The summed E-state index contributed by atoms with van der Waals surface area (Å²) in [6.07, 6.45) is 4.50. The van der Waals surface area contributed by atoms with Crippen LogP contribution in [-0.4, -0.2) is 46.5 Å². The molecule has 0 bridgehead atoms. The summed E-state index contributed by atoms with van der Waals surface area (Å²) in [5, 5.41) is 10.8. The lowest BCUT2D eigenvalue weighted by atomic mass is 9.89. The van der Waals surface area contributed by atoms with E-state index in [2.05, 4.69) is 24.1 Å². The van der Waals surface area contributed by atoms with Crippen molar-refractivity contribution in [2.45, 2.75) is 65.3 Å².